The van der Waals surface area contributed by atoms with Crippen molar-refractivity contribution in [2.45, 2.75) is 25.7 Å². The Balaban J connectivity index is 3.28. The molecule has 10 nitrogen and oxygen atoms in total. The highest BCUT2D eigenvalue weighted by Gasteiger charge is 2.06. The lowest BCUT2D eigenvalue weighted by Gasteiger charge is -2.06. The van der Waals surface area contributed by atoms with Crippen molar-refractivity contribution in [2.24, 2.45) is 0 Å². The van der Waals surface area contributed by atoms with Crippen LogP contribution in [0.1, 0.15) is 25.7 Å². The number of carbonyl (C=O) groups is 3. The van der Waals surface area contributed by atoms with Crippen LogP contribution in [0.15, 0.2) is 0 Å². The number of ether oxygens (including phenoxy) is 3. The number of hydrogen-bond acceptors (Lipinski definition) is 17. The van der Waals surface area contributed by atoms with Crippen LogP contribution < -0.4 is 0 Å². The van der Waals surface area contributed by atoms with E-state index in [4.69, 9.17) is 34.2 Å². The lowest BCUT2D eigenvalue weighted by molar-refractivity contribution is -0.289. The fraction of sp³-hybridized carbons (Fsp3) is 0.875. The predicted molar refractivity (Wildman–Crippen MR) is 179 cm³/mol. The second-order valence-electron chi connectivity index (χ2n) is 7.48. The summed E-state index contributed by atoms with van der Waals surface area (Å²) < 4.78 is 15.4. The minimum Gasteiger partial charge on any atom is -0.465 e. The lowest BCUT2D eigenvalue weighted by Crippen LogP contribution is -2.10. The number of esters is 3. The third kappa shape index (κ3) is 35.1. The second-order valence-corrected chi connectivity index (χ2v) is 16.0. The van der Waals surface area contributed by atoms with Gasteiger partial charge < -0.3 is 24.4 Å². The predicted octanol–water partition coefficient (Wildman–Crippen LogP) is 4.07. The van der Waals surface area contributed by atoms with Gasteiger partial charge >= 0.3 is 17.9 Å². The molecule has 0 fully saturated rings. The van der Waals surface area contributed by atoms with Gasteiger partial charge in [-0.25, -0.2) is 9.78 Å². The van der Waals surface area contributed by atoms with Gasteiger partial charge in [-0.15, -0.1) is 47.0 Å². The molecular weight excluding hydrogens is 673 g/mol. The number of aliphatic hydroxyl groups is 2. The number of rotatable bonds is 32. The number of aliphatic hydroxyl groups excluding tert-OH is 2. The normalized spacial score (nSPS) is 11.0. The van der Waals surface area contributed by atoms with Crippen molar-refractivity contribution in [2.75, 3.05) is 101 Å². The molecule has 0 atom stereocenters. The van der Waals surface area contributed by atoms with Gasteiger partial charge in [0, 0.05) is 50.4 Å². The first kappa shape index (κ1) is 41.7. The van der Waals surface area contributed by atoms with Gasteiger partial charge in [0.1, 0.15) is 18.5 Å². The molecule has 0 saturated heterocycles. The van der Waals surface area contributed by atoms with Crippen LogP contribution >= 0.6 is 82.3 Å². The van der Waals surface area contributed by atoms with Crippen LogP contribution in [0.4, 0.5) is 0 Å². The van der Waals surface area contributed by atoms with Crippen LogP contribution in [0.3, 0.4) is 0 Å². The molecule has 0 rings (SSSR count). The number of thioether (sulfide) groups is 7. The highest BCUT2D eigenvalue weighted by molar-refractivity contribution is 8.16. The maximum atomic E-state index is 11.8. The van der Waals surface area contributed by atoms with E-state index in [0.29, 0.717) is 91.2 Å². The Morgan fingerprint density at radius 3 is 1.46 bits per heavy atom. The highest BCUT2D eigenvalue weighted by Crippen LogP contribution is 2.13. The molecule has 0 aromatic carbocycles. The molecule has 0 bridgehead atoms. The van der Waals surface area contributed by atoms with E-state index >= 15 is 0 Å². The Hall–Kier alpha value is 0.700. The molecule has 0 amide bonds. The summed E-state index contributed by atoms with van der Waals surface area (Å²) in [6.45, 7) is 1.57. The van der Waals surface area contributed by atoms with Crippen LogP contribution in [-0.2, 0) is 38.4 Å². The Labute approximate surface area is 274 Å². The van der Waals surface area contributed by atoms with Gasteiger partial charge in [0.2, 0.25) is 0 Å². The van der Waals surface area contributed by atoms with E-state index in [1.807, 2.05) is 0 Å². The quantitative estimate of drug-likeness (QED) is 0.0258. The summed E-state index contributed by atoms with van der Waals surface area (Å²) in [6.07, 6.45) is 1.88. The lowest BCUT2D eigenvalue weighted by atomic mass is 10.5. The third-order valence-corrected chi connectivity index (χ3v) is 11.3. The first-order valence-electron chi connectivity index (χ1n) is 13.1. The van der Waals surface area contributed by atoms with Crippen molar-refractivity contribution in [3.8, 4) is 0 Å². The number of hydrogen-bond donors (Lipinski definition) is 2. The van der Waals surface area contributed by atoms with Crippen LogP contribution in [0.25, 0.3) is 0 Å². The van der Waals surface area contributed by atoms with Crippen molar-refractivity contribution < 1.29 is 48.6 Å². The van der Waals surface area contributed by atoms with E-state index in [1.54, 1.807) is 58.8 Å². The summed E-state index contributed by atoms with van der Waals surface area (Å²) >= 11 is 11.1. The van der Waals surface area contributed by atoms with E-state index in [2.05, 4.69) is 0 Å². The van der Waals surface area contributed by atoms with Gasteiger partial charge in [0.15, 0.2) is 0 Å². The smallest absolute Gasteiger partial charge is 0.307 e. The first-order chi connectivity index (χ1) is 20.1. The second kappa shape index (κ2) is 35.2. The molecule has 0 aliphatic rings. The largest absolute Gasteiger partial charge is 0.465 e. The van der Waals surface area contributed by atoms with Crippen molar-refractivity contribution in [3.63, 3.8) is 0 Å². The van der Waals surface area contributed by atoms with Gasteiger partial charge in [-0.1, -0.05) is 0 Å². The summed E-state index contributed by atoms with van der Waals surface area (Å²) in [5, 5.41) is 18.9. The molecule has 242 valence electrons. The molecule has 17 heteroatoms. The maximum Gasteiger partial charge on any atom is 0.307 e. The van der Waals surface area contributed by atoms with Gasteiger partial charge in [-0.05, 0) is 12.2 Å². The van der Waals surface area contributed by atoms with Crippen LogP contribution in [-0.4, -0.2) is 129 Å². The zero-order chi connectivity index (χ0) is 30.1. The Bertz CT molecular complexity index is 623. The molecule has 2 N–H and O–H groups in total. The minimum absolute atomic E-state index is 0.156. The average molecular weight is 717 g/mol. The van der Waals surface area contributed by atoms with E-state index in [1.165, 1.54) is 23.5 Å². The van der Waals surface area contributed by atoms with E-state index in [0.717, 1.165) is 22.3 Å². The fourth-order valence-electron chi connectivity index (χ4n) is 2.28. The molecule has 0 radical (unpaired) electrons. The van der Waals surface area contributed by atoms with Crippen LogP contribution in [0, 0.1) is 0 Å². The van der Waals surface area contributed by atoms with E-state index < -0.39 is 0 Å². The Morgan fingerprint density at radius 1 is 0.463 bits per heavy atom. The fourth-order valence-corrected chi connectivity index (χ4v) is 7.65. The minimum atomic E-state index is -0.233. The standard InChI is InChI=1S/C24H44O10S7/c25-5-14-38-20-40-18-31-23(28)3-11-35-10-1-7-33-34-9-17-37-12-2-22(27)30-8-16-36-13-4-24(29)32-19-41-21-39-15-6-26/h25-26H,1-21H2. The molecule has 0 aromatic rings. The zero-order valence-corrected chi connectivity index (χ0v) is 29.1. The summed E-state index contributed by atoms with van der Waals surface area (Å²) in [5.74, 6) is 5.62. The van der Waals surface area contributed by atoms with Crippen molar-refractivity contribution >= 4 is 100 Å². The summed E-state index contributed by atoms with van der Waals surface area (Å²) in [6, 6.07) is 0. The Morgan fingerprint density at radius 2 is 0.927 bits per heavy atom. The average Bonchev–Trinajstić information content (AvgIpc) is 2.96. The summed E-state index contributed by atoms with van der Waals surface area (Å²) in [7, 11) is 0. The van der Waals surface area contributed by atoms with Crippen LogP contribution in [0.2, 0.25) is 0 Å². The van der Waals surface area contributed by atoms with Gasteiger partial charge in [-0.3, -0.25) is 14.4 Å². The van der Waals surface area contributed by atoms with E-state index in [9.17, 15) is 14.4 Å². The monoisotopic (exact) mass is 716 g/mol. The molecule has 0 aromatic heterocycles. The summed E-state index contributed by atoms with van der Waals surface area (Å²) in [4.78, 5) is 45.3. The van der Waals surface area contributed by atoms with Crippen LogP contribution in [0.5, 0.6) is 0 Å². The molecule has 0 spiro atoms. The molecule has 0 unspecified atom stereocenters. The van der Waals surface area contributed by atoms with Gasteiger partial charge in [-0.2, -0.15) is 35.3 Å². The zero-order valence-electron chi connectivity index (χ0n) is 23.4. The molecule has 41 heavy (non-hydrogen) atoms. The molecular formula is C24H44O10S7. The maximum absolute atomic E-state index is 11.8. The highest BCUT2D eigenvalue weighted by atomic mass is 32.2. The van der Waals surface area contributed by atoms with Crippen molar-refractivity contribution in [3.05, 3.63) is 0 Å². The SMILES string of the molecule is O=C(CCSCCOOCCCSCCC(=O)OCSCSCCO)OCCSCCC(=O)OCSCSCCO. The number of carbonyl (C=O) groups excluding carboxylic acids is 3. The Kier molecular flexibility index (Phi) is 35.8. The van der Waals surface area contributed by atoms with Crippen molar-refractivity contribution in [1.29, 1.82) is 0 Å². The topological polar surface area (TPSA) is 138 Å². The first-order valence-corrected chi connectivity index (χ1v) is 21.2. The summed E-state index contributed by atoms with van der Waals surface area (Å²) in [5.41, 5.74) is 0. The molecule has 0 aliphatic carbocycles. The van der Waals surface area contributed by atoms with Gasteiger partial charge in [0.25, 0.3) is 0 Å². The third-order valence-electron chi connectivity index (χ3n) is 4.16. The van der Waals surface area contributed by atoms with E-state index in [-0.39, 0.29) is 31.1 Å². The molecule has 0 saturated carbocycles. The van der Waals surface area contributed by atoms with Gasteiger partial charge in [0.05, 0.1) is 45.7 Å². The molecule has 0 heterocycles. The van der Waals surface area contributed by atoms with Crippen molar-refractivity contribution in [1.82, 2.24) is 0 Å². The molecule has 0 aliphatic heterocycles.